The normalized spacial score (nSPS) is 18.0. The molecule has 0 amide bonds. The molecule has 0 aromatic carbocycles. The van der Waals surface area contributed by atoms with E-state index < -0.39 is 10.8 Å². The minimum Gasteiger partial charge on any atom is -0.445 e. The van der Waals surface area contributed by atoms with E-state index in [1.165, 1.54) is 37.1 Å². The lowest BCUT2D eigenvalue weighted by Crippen LogP contribution is -2.05. The molecule has 1 fully saturated rings. The van der Waals surface area contributed by atoms with Crippen molar-refractivity contribution in [2.45, 2.75) is 56.5 Å². The van der Waals surface area contributed by atoms with Gasteiger partial charge in [0.2, 0.25) is 5.89 Å². The summed E-state index contributed by atoms with van der Waals surface area (Å²) in [4.78, 5) is 8.79. The Kier molecular flexibility index (Phi) is 4.85. The van der Waals surface area contributed by atoms with Crippen LogP contribution in [0.15, 0.2) is 16.0 Å². The lowest BCUT2D eigenvalue weighted by molar-refractivity contribution is 0.442. The molecule has 6 heteroatoms. The number of thiazole rings is 1. The summed E-state index contributed by atoms with van der Waals surface area (Å²) in [5.41, 5.74) is 0.946. The van der Waals surface area contributed by atoms with Crippen LogP contribution in [0.25, 0.3) is 0 Å². The van der Waals surface area contributed by atoms with Crippen molar-refractivity contribution in [1.82, 2.24) is 9.97 Å². The Morgan fingerprint density at radius 2 is 2.14 bits per heavy atom. The van der Waals surface area contributed by atoms with E-state index in [-0.39, 0.29) is 0 Å². The fourth-order valence-corrected chi connectivity index (χ4v) is 4.83. The van der Waals surface area contributed by atoms with Gasteiger partial charge in [0.15, 0.2) is 0 Å². The van der Waals surface area contributed by atoms with Crippen molar-refractivity contribution in [1.29, 1.82) is 0 Å². The first-order chi connectivity index (χ1) is 10.2. The summed E-state index contributed by atoms with van der Waals surface area (Å²) in [7, 11) is -1.01. The largest absolute Gasteiger partial charge is 0.445 e. The zero-order valence-corrected chi connectivity index (χ0v) is 13.8. The van der Waals surface area contributed by atoms with Crippen LogP contribution in [0.2, 0.25) is 0 Å². The van der Waals surface area contributed by atoms with Crippen molar-refractivity contribution in [3.05, 3.63) is 33.9 Å². The average molecular weight is 324 g/mol. The lowest BCUT2D eigenvalue weighted by atomic mass is 9.90. The molecule has 1 aliphatic rings. The minimum atomic E-state index is -1.01. The summed E-state index contributed by atoms with van der Waals surface area (Å²) < 4.78 is 17.5. The molecule has 0 aliphatic heterocycles. The second kappa shape index (κ2) is 6.83. The number of rotatable bonds is 5. The van der Waals surface area contributed by atoms with Gasteiger partial charge in [-0.05, 0) is 19.8 Å². The lowest BCUT2D eigenvalue weighted by Gasteiger charge is -2.18. The summed E-state index contributed by atoms with van der Waals surface area (Å²) in [6, 6.07) is 0. The van der Waals surface area contributed by atoms with E-state index >= 15 is 0 Å². The van der Waals surface area contributed by atoms with E-state index in [0.29, 0.717) is 23.3 Å². The molecular formula is C15H20N2O2S2. The van der Waals surface area contributed by atoms with Crippen LogP contribution in [-0.2, 0) is 22.3 Å². The van der Waals surface area contributed by atoms with Gasteiger partial charge in [0.1, 0.15) is 11.5 Å². The van der Waals surface area contributed by atoms with Crippen molar-refractivity contribution in [2.75, 3.05) is 0 Å². The quantitative estimate of drug-likeness (QED) is 0.836. The number of hydrogen-bond donors (Lipinski definition) is 0. The van der Waals surface area contributed by atoms with Crippen molar-refractivity contribution in [2.24, 2.45) is 0 Å². The van der Waals surface area contributed by atoms with E-state index in [0.717, 1.165) is 11.5 Å². The molecule has 0 saturated heterocycles. The summed E-state index contributed by atoms with van der Waals surface area (Å²) in [6.07, 6.45) is 8.16. The molecule has 0 N–H and O–H groups in total. The van der Waals surface area contributed by atoms with Crippen molar-refractivity contribution < 1.29 is 8.63 Å². The van der Waals surface area contributed by atoms with Crippen LogP contribution in [0, 0.1) is 6.92 Å². The molecule has 2 aromatic rings. The van der Waals surface area contributed by atoms with Gasteiger partial charge < -0.3 is 4.42 Å². The topological polar surface area (TPSA) is 56.0 Å². The standard InChI is InChI=1S/C15H20N2O2S2/c1-11-7-16-14(19-11)10-21(18)9-13-8-20-15(17-13)12-5-3-2-4-6-12/h7-8,12H,2-6,9-10H2,1H3/t21-/m0/s1. The molecule has 2 aromatic heterocycles. The van der Waals surface area contributed by atoms with Crippen LogP contribution in [0.1, 0.15) is 60.4 Å². The maximum atomic E-state index is 12.2. The summed E-state index contributed by atoms with van der Waals surface area (Å²) in [6.45, 7) is 1.84. The first kappa shape index (κ1) is 14.9. The Morgan fingerprint density at radius 1 is 1.33 bits per heavy atom. The number of aryl methyl sites for hydroxylation is 1. The first-order valence-corrected chi connectivity index (χ1v) is 9.78. The molecule has 114 valence electrons. The second-order valence-electron chi connectivity index (χ2n) is 5.61. The van der Waals surface area contributed by atoms with Crippen LogP contribution in [0.5, 0.6) is 0 Å². The van der Waals surface area contributed by atoms with Crippen molar-refractivity contribution in [3.63, 3.8) is 0 Å². The van der Waals surface area contributed by atoms with E-state index in [4.69, 9.17) is 9.40 Å². The molecule has 4 nitrogen and oxygen atoms in total. The van der Waals surface area contributed by atoms with Crippen LogP contribution in [-0.4, -0.2) is 14.2 Å². The molecule has 3 rings (SSSR count). The molecule has 2 heterocycles. The third-order valence-electron chi connectivity index (χ3n) is 3.79. The Bertz CT molecular complexity index is 615. The number of oxazole rings is 1. The monoisotopic (exact) mass is 324 g/mol. The van der Waals surface area contributed by atoms with E-state index in [2.05, 4.69) is 10.4 Å². The van der Waals surface area contributed by atoms with E-state index in [1.807, 2.05) is 6.92 Å². The molecular weight excluding hydrogens is 304 g/mol. The van der Waals surface area contributed by atoms with Gasteiger partial charge in [-0.1, -0.05) is 19.3 Å². The van der Waals surface area contributed by atoms with Crippen molar-refractivity contribution >= 4 is 22.1 Å². The first-order valence-electron chi connectivity index (χ1n) is 7.41. The number of aromatic nitrogens is 2. The van der Waals surface area contributed by atoms with Crippen molar-refractivity contribution in [3.8, 4) is 0 Å². The number of hydrogen-bond acceptors (Lipinski definition) is 5. The van der Waals surface area contributed by atoms with Gasteiger partial charge >= 0.3 is 0 Å². The van der Waals surface area contributed by atoms with Gasteiger partial charge in [0, 0.05) is 22.1 Å². The highest BCUT2D eigenvalue weighted by atomic mass is 32.2. The van der Waals surface area contributed by atoms with Gasteiger partial charge in [-0.2, -0.15) is 0 Å². The SMILES string of the molecule is Cc1cnc(C[S@@](=O)Cc2csc(C3CCCCC3)n2)o1. The Hall–Kier alpha value is -1.01. The van der Waals surface area contributed by atoms with E-state index in [1.54, 1.807) is 17.5 Å². The minimum absolute atomic E-state index is 0.365. The second-order valence-corrected chi connectivity index (χ2v) is 7.95. The van der Waals surface area contributed by atoms with Gasteiger partial charge in [-0.3, -0.25) is 4.21 Å². The summed E-state index contributed by atoms with van der Waals surface area (Å²) in [5, 5.41) is 3.29. The van der Waals surface area contributed by atoms with Gasteiger partial charge in [0.05, 0.1) is 22.7 Å². The Labute approximate surface area is 131 Å². The Balaban J connectivity index is 1.57. The number of nitrogens with zero attached hydrogens (tertiary/aromatic N) is 2. The van der Waals surface area contributed by atoms with E-state index in [9.17, 15) is 4.21 Å². The van der Waals surface area contributed by atoms with Crippen LogP contribution in [0.3, 0.4) is 0 Å². The van der Waals surface area contributed by atoms with Crippen LogP contribution < -0.4 is 0 Å². The fraction of sp³-hybridized carbons (Fsp3) is 0.600. The third kappa shape index (κ3) is 4.01. The summed E-state index contributed by atoms with van der Waals surface area (Å²) >= 11 is 1.72. The highest BCUT2D eigenvalue weighted by molar-refractivity contribution is 7.83. The third-order valence-corrected chi connectivity index (χ3v) is 6.03. The predicted molar refractivity (Wildman–Crippen MR) is 84.7 cm³/mol. The highest BCUT2D eigenvalue weighted by Crippen LogP contribution is 2.34. The van der Waals surface area contributed by atoms with Gasteiger partial charge in [-0.15, -0.1) is 11.3 Å². The van der Waals surface area contributed by atoms with Crippen LogP contribution >= 0.6 is 11.3 Å². The molecule has 21 heavy (non-hydrogen) atoms. The maximum Gasteiger partial charge on any atom is 0.206 e. The molecule has 1 saturated carbocycles. The molecule has 0 radical (unpaired) electrons. The molecule has 1 aliphatic carbocycles. The zero-order valence-electron chi connectivity index (χ0n) is 12.2. The molecule has 1 atom stereocenters. The smallest absolute Gasteiger partial charge is 0.206 e. The molecule has 0 bridgehead atoms. The Morgan fingerprint density at radius 3 is 2.86 bits per heavy atom. The zero-order chi connectivity index (χ0) is 14.7. The average Bonchev–Trinajstić information content (AvgIpc) is 3.09. The maximum absolute atomic E-state index is 12.2. The highest BCUT2D eigenvalue weighted by Gasteiger charge is 2.19. The van der Waals surface area contributed by atoms with Gasteiger partial charge in [0.25, 0.3) is 0 Å². The molecule has 0 unspecified atom stereocenters. The van der Waals surface area contributed by atoms with Crippen LogP contribution in [0.4, 0.5) is 0 Å². The van der Waals surface area contributed by atoms with Gasteiger partial charge in [-0.25, -0.2) is 9.97 Å². The predicted octanol–water partition coefficient (Wildman–Crippen LogP) is 3.94. The summed E-state index contributed by atoms with van der Waals surface area (Å²) in [5.74, 6) is 2.79. The fourth-order valence-electron chi connectivity index (χ4n) is 2.75. The molecule has 0 spiro atoms.